The van der Waals surface area contributed by atoms with Crippen LogP contribution >= 0.6 is 24.8 Å². The number of fused-ring (bicyclic) bond motifs is 2. The maximum Gasteiger partial charge on any atom is 0.225 e. The predicted molar refractivity (Wildman–Crippen MR) is 111 cm³/mol. The van der Waals surface area contributed by atoms with Gasteiger partial charge in [0.25, 0.3) is 0 Å². The van der Waals surface area contributed by atoms with Crippen molar-refractivity contribution in [1.82, 2.24) is 4.90 Å². The van der Waals surface area contributed by atoms with Crippen LogP contribution in [0.1, 0.15) is 32.1 Å². The van der Waals surface area contributed by atoms with Crippen LogP contribution in [-0.2, 0) is 4.79 Å². The SMILES string of the molecule is Cl.Cl.NC1C2CCCC1CC(C(=O)N1CCN(c3ccc(F)cc3)CC1)C2. The van der Waals surface area contributed by atoms with Crippen LogP contribution in [0.3, 0.4) is 0 Å². The lowest BCUT2D eigenvalue weighted by Crippen LogP contribution is -2.53. The number of nitrogens with zero attached hydrogens (tertiary/aromatic N) is 2. The summed E-state index contributed by atoms with van der Waals surface area (Å²) in [5.41, 5.74) is 7.39. The zero-order chi connectivity index (χ0) is 17.4. The van der Waals surface area contributed by atoms with Crippen molar-refractivity contribution in [2.24, 2.45) is 23.5 Å². The third-order valence-corrected chi connectivity index (χ3v) is 6.55. The van der Waals surface area contributed by atoms with E-state index in [1.54, 1.807) is 0 Å². The molecule has 0 radical (unpaired) electrons. The zero-order valence-electron chi connectivity index (χ0n) is 15.6. The molecular formula is C20H30Cl2FN3O. The van der Waals surface area contributed by atoms with Gasteiger partial charge in [-0.1, -0.05) is 6.42 Å². The van der Waals surface area contributed by atoms with Crippen LogP contribution in [0.4, 0.5) is 10.1 Å². The van der Waals surface area contributed by atoms with Gasteiger partial charge in [-0.25, -0.2) is 4.39 Å². The Morgan fingerprint density at radius 3 is 2.07 bits per heavy atom. The molecule has 2 bridgehead atoms. The van der Waals surface area contributed by atoms with E-state index < -0.39 is 0 Å². The molecule has 1 heterocycles. The molecule has 1 saturated heterocycles. The van der Waals surface area contributed by atoms with Gasteiger partial charge in [0.05, 0.1) is 0 Å². The van der Waals surface area contributed by atoms with Crippen molar-refractivity contribution >= 4 is 36.4 Å². The first kappa shape index (κ1) is 22.3. The summed E-state index contributed by atoms with van der Waals surface area (Å²) in [4.78, 5) is 17.3. The summed E-state index contributed by atoms with van der Waals surface area (Å²) in [7, 11) is 0. The van der Waals surface area contributed by atoms with E-state index in [9.17, 15) is 9.18 Å². The summed E-state index contributed by atoms with van der Waals surface area (Å²) in [6.45, 7) is 3.15. The molecular weight excluding hydrogens is 388 g/mol. The Kier molecular flexibility index (Phi) is 7.78. The average Bonchev–Trinajstić information content (AvgIpc) is 2.62. The van der Waals surface area contributed by atoms with E-state index in [0.29, 0.717) is 23.8 Å². The highest BCUT2D eigenvalue weighted by Gasteiger charge is 2.41. The molecule has 2 N–H and O–H groups in total. The second-order valence-electron chi connectivity index (χ2n) is 7.99. The van der Waals surface area contributed by atoms with Gasteiger partial charge in [-0.15, -0.1) is 24.8 Å². The van der Waals surface area contributed by atoms with Crippen molar-refractivity contribution in [1.29, 1.82) is 0 Å². The van der Waals surface area contributed by atoms with Crippen molar-refractivity contribution in [3.05, 3.63) is 30.1 Å². The van der Waals surface area contributed by atoms with Crippen LogP contribution in [0.25, 0.3) is 0 Å². The molecule has 3 fully saturated rings. The smallest absolute Gasteiger partial charge is 0.225 e. The molecule has 0 aromatic heterocycles. The third kappa shape index (κ3) is 4.69. The molecule has 7 heteroatoms. The molecule has 2 atom stereocenters. The third-order valence-electron chi connectivity index (χ3n) is 6.55. The number of anilines is 1. The molecule has 1 aliphatic heterocycles. The number of hydrogen-bond acceptors (Lipinski definition) is 3. The van der Waals surface area contributed by atoms with Crippen LogP contribution in [0, 0.1) is 23.6 Å². The number of piperazine rings is 1. The zero-order valence-corrected chi connectivity index (χ0v) is 17.2. The second-order valence-corrected chi connectivity index (χ2v) is 7.99. The maximum atomic E-state index is 13.1. The Morgan fingerprint density at radius 1 is 0.963 bits per heavy atom. The summed E-state index contributed by atoms with van der Waals surface area (Å²) in [6.07, 6.45) is 5.63. The molecule has 2 aliphatic carbocycles. The number of carbonyl (C=O) groups is 1. The normalized spacial score (nSPS) is 30.1. The minimum Gasteiger partial charge on any atom is -0.368 e. The summed E-state index contributed by atoms with van der Waals surface area (Å²) >= 11 is 0. The van der Waals surface area contributed by atoms with Gasteiger partial charge in [0, 0.05) is 43.8 Å². The fraction of sp³-hybridized carbons (Fsp3) is 0.650. The highest BCUT2D eigenvalue weighted by Crippen LogP contribution is 2.42. The monoisotopic (exact) mass is 417 g/mol. The van der Waals surface area contributed by atoms with E-state index in [4.69, 9.17) is 5.73 Å². The van der Waals surface area contributed by atoms with Crippen LogP contribution < -0.4 is 10.6 Å². The number of carbonyl (C=O) groups excluding carboxylic acids is 1. The van der Waals surface area contributed by atoms with Crippen LogP contribution in [0.2, 0.25) is 0 Å². The van der Waals surface area contributed by atoms with Crippen LogP contribution in [0.5, 0.6) is 0 Å². The first-order valence-electron chi connectivity index (χ1n) is 9.66. The molecule has 1 aromatic rings. The number of amides is 1. The van der Waals surface area contributed by atoms with Crippen molar-refractivity contribution in [2.45, 2.75) is 38.1 Å². The first-order valence-corrected chi connectivity index (χ1v) is 9.66. The summed E-state index contributed by atoms with van der Waals surface area (Å²) in [5, 5.41) is 0. The molecule has 2 saturated carbocycles. The molecule has 2 unspecified atom stereocenters. The average molecular weight is 418 g/mol. The van der Waals surface area contributed by atoms with Gasteiger partial charge in [0.2, 0.25) is 5.91 Å². The summed E-state index contributed by atoms with van der Waals surface area (Å²) in [5.74, 6) is 1.39. The van der Waals surface area contributed by atoms with E-state index in [0.717, 1.165) is 44.7 Å². The highest BCUT2D eigenvalue weighted by atomic mass is 35.5. The molecule has 1 amide bonds. The van der Waals surface area contributed by atoms with Crippen LogP contribution in [0.15, 0.2) is 24.3 Å². The number of rotatable bonds is 2. The minimum atomic E-state index is -0.210. The molecule has 0 spiro atoms. The lowest BCUT2D eigenvalue weighted by atomic mass is 9.65. The largest absolute Gasteiger partial charge is 0.368 e. The van der Waals surface area contributed by atoms with Crippen molar-refractivity contribution in [2.75, 3.05) is 31.1 Å². The first-order chi connectivity index (χ1) is 12.1. The van der Waals surface area contributed by atoms with Gasteiger partial charge in [-0.05, 0) is 61.8 Å². The van der Waals surface area contributed by atoms with E-state index in [-0.39, 0.29) is 36.5 Å². The van der Waals surface area contributed by atoms with Gasteiger partial charge >= 0.3 is 0 Å². The molecule has 27 heavy (non-hydrogen) atoms. The van der Waals surface area contributed by atoms with E-state index >= 15 is 0 Å². The quantitative estimate of drug-likeness (QED) is 0.800. The Labute approximate surface area is 173 Å². The topological polar surface area (TPSA) is 49.6 Å². The molecule has 3 aliphatic rings. The lowest BCUT2D eigenvalue weighted by molar-refractivity contribution is -0.138. The van der Waals surface area contributed by atoms with Gasteiger partial charge in [-0.2, -0.15) is 0 Å². The number of benzene rings is 1. The molecule has 4 rings (SSSR count). The van der Waals surface area contributed by atoms with Gasteiger partial charge in [0.15, 0.2) is 0 Å². The Hall–Kier alpha value is -1.04. The number of hydrogen-bond donors (Lipinski definition) is 1. The van der Waals surface area contributed by atoms with Crippen LogP contribution in [-0.4, -0.2) is 43.0 Å². The Morgan fingerprint density at radius 2 is 1.52 bits per heavy atom. The Balaban J connectivity index is 0.00000131. The summed E-state index contributed by atoms with van der Waals surface area (Å²) < 4.78 is 13.1. The molecule has 152 valence electrons. The summed E-state index contributed by atoms with van der Waals surface area (Å²) in [6, 6.07) is 6.94. The maximum absolute atomic E-state index is 13.1. The van der Waals surface area contributed by atoms with Gasteiger partial charge < -0.3 is 15.5 Å². The molecule has 1 aromatic carbocycles. The number of halogens is 3. The van der Waals surface area contributed by atoms with E-state index in [1.165, 1.54) is 31.4 Å². The van der Waals surface area contributed by atoms with Crippen molar-refractivity contribution < 1.29 is 9.18 Å². The Bertz CT molecular complexity index is 608. The van der Waals surface area contributed by atoms with Gasteiger partial charge in [0.1, 0.15) is 5.82 Å². The molecule has 4 nitrogen and oxygen atoms in total. The van der Waals surface area contributed by atoms with E-state index in [2.05, 4.69) is 4.90 Å². The highest BCUT2D eigenvalue weighted by molar-refractivity contribution is 5.85. The van der Waals surface area contributed by atoms with Crippen molar-refractivity contribution in [3.63, 3.8) is 0 Å². The number of nitrogens with two attached hydrogens (primary N) is 1. The van der Waals surface area contributed by atoms with Gasteiger partial charge in [-0.3, -0.25) is 4.79 Å². The van der Waals surface area contributed by atoms with Crippen molar-refractivity contribution in [3.8, 4) is 0 Å². The lowest BCUT2D eigenvalue weighted by Gasteiger charge is -2.45. The second kappa shape index (κ2) is 9.44. The van der Waals surface area contributed by atoms with E-state index in [1.807, 2.05) is 17.0 Å². The fourth-order valence-corrected chi connectivity index (χ4v) is 5.09. The predicted octanol–water partition coefficient (Wildman–Crippen LogP) is 3.47. The standard InChI is InChI=1S/C20H28FN3O.2ClH/c21-17-4-6-18(7-5-17)23-8-10-24(11-9-23)20(25)16-12-14-2-1-3-15(13-16)19(14)22;;/h4-7,14-16,19H,1-3,8-13,22H2;2*1H. The minimum absolute atomic E-state index is 0. The fourth-order valence-electron chi connectivity index (χ4n) is 5.09.